The molecule has 140 valence electrons. The predicted octanol–water partition coefficient (Wildman–Crippen LogP) is 5.41. The number of alkyl halides is 3. The van der Waals surface area contributed by atoms with E-state index in [9.17, 15) is 18.0 Å². The number of aromatic nitrogens is 2. The van der Waals surface area contributed by atoms with Crippen LogP contribution in [0.15, 0.2) is 48.7 Å². The van der Waals surface area contributed by atoms with Crippen LogP contribution in [-0.4, -0.2) is 15.5 Å². The average Bonchev–Trinajstić information content (AvgIpc) is 2.88. The highest BCUT2D eigenvalue weighted by molar-refractivity contribution is 6.29. The molecule has 3 aromatic rings. The molecule has 0 saturated heterocycles. The summed E-state index contributed by atoms with van der Waals surface area (Å²) in [5.41, 5.74) is 0.854. The Morgan fingerprint density at radius 2 is 1.85 bits per heavy atom. The highest BCUT2D eigenvalue weighted by Gasteiger charge is 2.34. The Hall–Kier alpha value is -2.80. The van der Waals surface area contributed by atoms with Crippen molar-refractivity contribution < 1.29 is 18.0 Å². The van der Waals surface area contributed by atoms with Gasteiger partial charge >= 0.3 is 6.18 Å². The summed E-state index contributed by atoms with van der Waals surface area (Å²) in [5, 5.41) is 2.90. The van der Waals surface area contributed by atoms with E-state index in [1.165, 1.54) is 35.0 Å². The molecule has 1 N–H and O–H groups in total. The first-order valence-corrected chi connectivity index (χ1v) is 8.34. The van der Waals surface area contributed by atoms with Crippen LogP contribution < -0.4 is 5.32 Å². The summed E-state index contributed by atoms with van der Waals surface area (Å²) < 4.78 is 41.6. The summed E-state index contributed by atoms with van der Waals surface area (Å²) in [7, 11) is 0. The number of carbonyl (C=O) groups excluding carboxylic acids is 1. The number of para-hydroxylation sites is 1. The van der Waals surface area contributed by atoms with Gasteiger partial charge in [0.05, 0.1) is 16.8 Å². The number of pyridine rings is 1. The fourth-order valence-electron chi connectivity index (χ4n) is 2.95. The number of halogens is 4. The molecule has 0 radical (unpaired) electrons. The molecule has 1 aromatic carbocycles. The molecule has 0 aliphatic heterocycles. The number of nitrogens with one attached hydrogen (secondary N) is 1. The number of hydrogen-bond acceptors (Lipinski definition) is 2. The van der Waals surface area contributed by atoms with Crippen LogP contribution in [0.3, 0.4) is 0 Å². The van der Waals surface area contributed by atoms with Gasteiger partial charge in [0, 0.05) is 23.3 Å². The van der Waals surface area contributed by atoms with Crippen molar-refractivity contribution in [2.24, 2.45) is 0 Å². The van der Waals surface area contributed by atoms with E-state index in [0.717, 1.165) is 6.07 Å². The summed E-state index contributed by atoms with van der Waals surface area (Å²) in [6.07, 6.45) is -3.06. The minimum Gasteiger partial charge on any atom is -0.322 e. The summed E-state index contributed by atoms with van der Waals surface area (Å²) in [4.78, 5) is 16.4. The summed E-state index contributed by atoms with van der Waals surface area (Å²) in [6.45, 7) is 3.26. The van der Waals surface area contributed by atoms with Crippen LogP contribution in [0.4, 0.5) is 18.9 Å². The van der Waals surface area contributed by atoms with Crippen LogP contribution in [-0.2, 0) is 6.18 Å². The van der Waals surface area contributed by atoms with E-state index >= 15 is 0 Å². The van der Waals surface area contributed by atoms with Crippen molar-refractivity contribution in [2.75, 3.05) is 5.32 Å². The number of rotatable bonds is 3. The highest BCUT2D eigenvalue weighted by Crippen LogP contribution is 2.35. The topological polar surface area (TPSA) is 46.9 Å². The molecule has 4 nitrogen and oxygen atoms in total. The molecular formula is C19H15ClF3N3O. The van der Waals surface area contributed by atoms with Crippen molar-refractivity contribution in [1.29, 1.82) is 0 Å². The Morgan fingerprint density at radius 3 is 2.52 bits per heavy atom. The van der Waals surface area contributed by atoms with Gasteiger partial charge in [-0.05, 0) is 44.2 Å². The third-order valence-electron chi connectivity index (χ3n) is 4.11. The number of aryl methyl sites for hydroxylation is 1. The van der Waals surface area contributed by atoms with Gasteiger partial charge in [-0.2, -0.15) is 13.2 Å². The minimum atomic E-state index is -4.50. The summed E-state index contributed by atoms with van der Waals surface area (Å²) in [6, 6.07) is 9.88. The smallest absolute Gasteiger partial charge is 0.322 e. The fraction of sp³-hybridized carbons (Fsp3) is 0.158. The number of hydrogen-bond donors (Lipinski definition) is 1. The van der Waals surface area contributed by atoms with Crippen molar-refractivity contribution >= 4 is 23.2 Å². The largest absolute Gasteiger partial charge is 0.418 e. The SMILES string of the molecule is Cc1cc(C(=O)Nc2ccnc(Cl)c2)c(C)n1-c1ccccc1C(F)(F)F. The zero-order chi connectivity index (χ0) is 19.8. The fourth-order valence-corrected chi connectivity index (χ4v) is 3.12. The first-order valence-electron chi connectivity index (χ1n) is 7.97. The minimum absolute atomic E-state index is 0.0222. The second-order valence-corrected chi connectivity index (χ2v) is 6.34. The zero-order valence-electron chi connectivity index (χ0n) is 14.4. The van der Waals surface area contributed by atoms with Crippen LogP contribution in [0.25, 0.3) is 5.69 Å². The van der Waals surface area contributed by atoms with Crippen molar-refractivity contribution in [3.05, 3.63) is 76.3 Å². The van der Waals surface area contributed by atoms with Crippen LogP contribution in [0.5, 0.6) is 0 Å². The molecule has 3 rings (SSSR count). The third-order valence-corrected chi connectivity index (χ3v) is 4.32. The molecular weight excluding hydrogens is 379 g/mol. The Bertz CT molecular complexity index is 1010. The van der Waals surface area contributed by atoms with Gasteiger partial charge in [0.25, 0.3) is 5.91 Å². The Balaban J connectivity index is 2.03. The lowest BCUT2D eigenvalue weighted by molar-refractivity contribution is -0.137. The van der Waals surface area contributed by atoms with E-state index < -0.39 is 17.6 Å². The molecule has 0 fully saturated rings. The quantitative estimate of drug-likeness (QED) is 0.604. The number of amides is 1. The van der Waals surface area contributed by atoms with E-state index in [1.54, 1.807) is 26.0 Å². The molecule has 0 spiro atoms. The van der Waals surface area contributed by atoms with Gasteiger partial charge in [0.1, 0.15) is 5.15 Å². The molecule has 0 bridgehead atoms. The van der Waals surface area contributed by atoms with E-state index in [1.807, 2.05) is 0 Å². The molecule has 0 atom stereocenters. The second kappa shape index (κ2) is 7.08. The molecule has 0 saturated carbocycles. The van der Waals surface area contributed by atoms with Gasteiger partial charge in [0.15, 0.2) is 0 Å². The van der Waals surface area contributed by atoms with Gasteiger partial charge in [0.2, 0.25) is 0 Å². The lowest BCUT2D eigenvalue weighted by Gasteiger charge is -2.16. The average molecular weight is 394 g/mol. The molecule has 1 amide bonds. The van der Waals surface area contributed by atoms with E-state index in [2.05, 4.69) is 10.3 Å². The number of benzene rings is 1. The Morgan fingerprint density at radius 1 is 1.15 bits per heavy atom. The number of nitrogens with zero attached hydrogens (tertiary/aromatic N) is 2. The second-order valence-electron chi connectivity index (χ2n) is 5.96. The maximum absolute atomic E-state index is 13.4. The van der Waals surface area contributed by atoms with Gasteiger partial charge in [-0.1, -0.05) is 23.7 Å². The summed E-state index contributed by atoms with van der Waals surface area (Å²) in [5.74, 6) is -0.443. The van der Waals surface area contributed by atoms with Gasteiger partial charge in [-0.3, -0.25) is 4.79 Å². The van der Waals surface area contributed by atoms with E-state index in [-0.39, 0.29) is 16.4 Å². The Labute approximate surface area is 158 Å². The van der Waals surface area contributed by atoms with Crippen molar-refractivity contribution in [3.63, 3.8) is 0 Å². The van der Waals surface area contributed by atoms with Crippen molar-refractivity contribution in [2.45, 2.75) is 20.0 Å². The monoisotopic (exact) mass is 393 g/mol. The molecule has 2 heterocycles. The molecule has 0 aliphatic rings. The normalized spacial score (nSPS) is 11.5. The zero-order valence-corrected chi connectivity index (χ0v) is 15.2. The van der Waals surface area contributed by atoms with E-state index in [4.69, 9.17) is 11.6 Å². The van der Waals surface area contributed by atoms with E-state index in [0.29, 0.717) is 17.1 Å². The van der Waals surface area contributed by atoms with Gasteiger partial charge < -0.3 is 9.88 Å². The van der Waals surface area contributed by atoms with Gasteiger partial charge in [-0.15, -0.1) is 0 Å². The molecule has 0 aliphatic carbocycles. The third kappa shape index (κ3) is 3.83. The standard InChI is InChI=1S/C19H15ClF3N3O/c1-11-9-14(18(27)25-13-7-8-24-17(20)10-13)12(2)26(11)16-6-4-3-5-15(16)19(21,22)23/h3-10H,1-2H3,(H,24,25,27). The van der Waals surface area contributed by atoms with Crippen LogP contribution >= 0.6 is 11.6 Å². The molecule has 8 heteroatoms. The highest BCUT2D eigenvalue weighted by atomic mass is 35.5. The lowest BCUT2D eigenvalue weighted by atomic mass is 10.1. The van der Waals surface area contributed by atoms with Crippen LogP contribution in [0, 0.1) is 13.8 Å². The first-order chi connectivity index (χ1) is 12.7. The number of anilines is 1. The Kier molecular flexibility index (Phi) is 4.97. The first kappa shape index (κ1) is 19.0. The summed E-state index contributed by atoms with van der Waals surface area (Å²) >= 11 is 5.80. The molecule has 2 aromatic heterocycles. The van der Waals surface area contributed by atoms with Crippen LogP contribution in [0.1, 0.15) is 27.3 Å². The van der Waals surface area contributed by atoms with Crippen molar-refractivity contribution in [3.8, 4) is 5.69 Å². The number of carbonyl (C=O) groups is 1. The van der Waals surface area contributed by atoms with Gasteiger partial charge in [-0.25, -0.2) is 4.98 Å². The molecule has 0 unspecified atom stereocenters. The predicted molar refractivity (Wildman–Crippen MR) is 97.4 cm³/mol. The van der Waals surface area contributed by atoms with Crippen LogP contribution in [0.2, 0.25) is 5.15 Å². The molecule has 27 heavy (non-hydrogen) atoms. The maximum atomic E-state index is 13.4. The van der Waals surface area contributed by atoms with Crippen molar-refractivity contribution in [1.82, 2.24) is 9.55 Å². The maximum Gasteiger partial charge on any atom is 0.418 e. The lowest BCUT2D eigenvalue weighted by Crippen LogP contribution is -2.15.